The number of nitrogens with zero attached hydrogens (tertiary/aromatic N) is 2. The number of amides is 1. The monoisotopic (exact) mass is 379 g/mol. The van der Waals surface area contributed by atoms with Gasteiger partial charge in [-0.3, -0.25) is 4.79 Å². The molecule has 2 rings (SSSR count). The molecule has 0 radical (unpaired) electrons. The minimum Gasteiger partial charge on any atom is -0.324 e. The predicted octanol–water partition coefficient (Wildman–Crippen LogP) is 7.96. The second-order valence-electron chi connectivity index (χ2n) is 7.18. The van der Waals surface area contributed by atoms with Crippen LogP contribution >= 0.6 is 0 Å². The lowest BCUT2D eigenvalue weighted by molar-refractivity contribution is -0.116. The summed E-state index contributed by atoms with van der Waals surface area (Å²) in [5, 5.41) is 11.5. The van der Waals surface area contributed by atoms with Crippen LogP contribution in [0.15, 0.2) is 64.8 Å². The number of benzene rings is 2. The molecule has 2 aromatic carbocycles. The van der Waals surface area contributed by atoms with Crippen molar-refractivity contribution in [1.29, 1.82) is 0 Å². The van der Waals surface area contributed by atoms with Gasteiger partial charge < -0.3 is 5.32 Å². The SMILES string of the molecule is CCCCCCCCCCCC(=O)Nc1ccccc1N=Nc1ccccc1. The van der Waals surface area contributed by atoms with Crippen molar-refractivity contribution in [3.63, 3.8) is 0 Å². The standard InChI is InChI=1S/C24H33N3O/c1-2-3-4-5-6-7-8-9-13-20-24(28)25-22-18-14-15-19-23(22)27-26-21-16-11-10-12-17-21/h10-12,14-19H,2-9,13,20H2,1H3,(H,25,28). The summed E-state index contributed by atoms with van der Waals surface area (Å²) in [7, 11) is 0. The first-order valence-electron chi connectivity index (χ1n) is 10.7. The first-order chi connectivity index (χ1) is 13.8. The van der Waals surface area contributed by atoms with E-state index in [1.165, 1.54) is 44.9 Å². The highest BCUT2D eigenvalue weighted by atomic mass is 16.1. The lowest BCUT2D eigenvalue weighted by Gasteiger charge is -2.07. The summed E-state index contributed by atoms with van der Waals surface area (Å²) in [5.41, 5.74) is 2.17. The molecule has 0 atom stereocenters. The highest BCUT2D eigenvalue weighted by Gasteiger charge is 2.06. The molecule has 0 fully saturated rings. The normalized spacial score (nSPS) is 11.0. The van der Waals surface area contributed by atoms with Gasteiger partial charge in [0, 0.05) is 6.42 Å². The quantitative estimate of drug-likeness (QED) is 0.278. The van der Waals surface area contributed by atoms with Gasteiger partial charge in [0.15, 0.2) is 0 Å². The number of anilines is 1. The molecule has 150 valence electrons. The third-order valence-corrected chi connectivity index (χ3v) is 4.71. The van der Waals surface area contributed by atoms with Crippen LogP contribution in [0.3, 0.4) is 0 Å². The molecule has 2 aromatic rings. The Labute approximate surface area is 169 Å². The van der Waals surface area contributed by atoms with Crippen molar-refractivity contribution in [3.05, 3.63) is 54.6 Å². The van der Waals surface area contributed by atoms with E-state index in [0.29, 0.717) is 17.8 Å². The van der Waals surface area contributed by atoms with Crippen molar-refractivity contribution < 1.29 is 4.79 Å². The van der Waals surface area contributed by atoms with E-state index < -0.39 is 0 Å². The molecule has 0 saturated heterocycles. The van der Waals surface area contributed by atoms with Gasteiger partial charge in [-0.25, -0.2) is 0 Å². The average molecular weight is 380 g/mol. The summed E-state index contributed by atoms with van der Waals surface area (Å²) in [6, 6.07) is 17.1. The molecule has 0 saturated carbocycles. The first kappa shape index (κ1) is 21.8. The van der Waals surface area contributed by atoms with Gasteiger partial charge in [0.05, 0.1) is 11.4 Å². The van der Waals surface area contributed by atoms with Crippen molar-refractivity contribution in [1.82, 2.24) is 0 Å². The van der Waals surface area contributed by atoms with Crippen molar-refractivity contribution >= 4 is 23.0 Å². The molecule has 0 aliphatic carbocycles. The first-order valence-corrected chi connectivity index (χ1v) is 10.7. The Kier molecular flexibility index (Phi) is 10.6. The maximum atomic E-state index is 12.3. The van der Waals surface area contributed by atoms with Gasteiger partial charge >= 0.3 is 0 Å². The molecule has 0 bridgehead atoms. The van der Waals surface area contributed by atoms with E-state index in [-0.39, 0.29) is 5.91 Å². The van der Waals surface area contributed by atoms with E-state index in [2.05, 4.69) is 22.5 Å². The van der Waals surface area contributed by atoms with E-state index in [1.807, 2.05) is 54.6 Å². The Bertz CT molecular complexity index is 713. The van der Waals surface area contributed by atoms with Gasteiger partial charge in [0.25, 0.3) is 0 Å². The largest absolute Gasteiger partial charge is 0.324 e. The summed E-state index contributed by atoms with van der Waals surface area (Å²) in [6.45, 7) is 2.25. The molecule has 4 heteroatoms. The third kappa shape index (κ3) is 8.94. The van der Waals surface area contributed by atoms with Crippen LogP contribution in [0.1, 0.15) is 71.1 Å². The van der Waals surface area contributed by atoms with Crippen molar-refractivity contribution in [2.45, 2.75) is 71.1 Å². The smallest absolute Gasteiger partial charge is 0.224 e. The lowest BCUT2D eigenvalue weighted by atomic mass is 10.1. The Hall–Kier alpha value is -2.49. The van der Waals surface area contributed by atoms with E-state index in [1.54, 1.807) is 0 Å². The van der Waals surface area contributed by atoms with Crippen molar-refractivity contribution in [2.75, 3.05) is 5.32 Å². The maximum Gasteiger partial charge on any atom is 0.224 e. The topological polar surface area (TPSA) is 53.8 Å². The van der Waals surface area contributed by atoms with Crippen LogP contribution in [-0.4, -0.2) is 5.91 Å². The Morgan fingerprint density at radius 1 is 0.750 bits per heavy atom. The van der Waals surface area contributed by atoms with Crippen LogP contribution < -0.4 is 5.32 Å². The van der Waals surface area contributed by atoms with E-state index in [4.69, 9.17) is 0 Å². The fraction of sp³-hybridized carbons (Fsp3) is 0.458. The molecule has 0 heterocycles. The summed E-state index contributed by atoms with van der Waals surface area (Å²) < 4.78 is 0. The Balaban J connectivity index is 1.70. The van der Waals surface area contributed by atoms with E-state index >= 15 is 0 Å². The molecular formula is C24H33N3O. The van der Waals surface area contributed by atoms with Crippen LogP contribution in [0.2, 0.25) is 0 Å². The van der Waals surface area contributed by atoms with E-state index in [9.17, 15) is 4.79 Å². The van der Waals surface area contributed by atoms with Crippen LogP contribution in [-0.2, 0) is 4.79 Å². The molecule has 28 heavy (non-hydrogen) atoms. The predicted molar refractivity (Wildman–Crippen MR) is 118 cm³/mol. The summed E-state index contributed by atoms with van der Waals surface area (Å²) in [6.07, 6.45) is 11.8. The molecule has 0 aromatic heterocycles. The second-order valence-corrected chi connectivity index (χ2v) is 7.18. The maximum absolute atomic E-state index is 12.3. The molecule has 0 aliphatic heterocycles. The average Bonchev–Trinajstić information content (AvgIpc) is 2.73. The second kappa shape index (κ2) is 13.6. The highest BCUT2D eigenvalue weighted by Crippen LogP contribution is 2.26. The molecular weight excluding hydrogens is 346 g/mol. The minimum absolute atomic E-state index is 0.0466. The van der Waals surface area contributed by atoms with Gasteiger partial charge in [-0.15, -0.1) is 5.11 Å². The summed E-state index contributed by atoms with van der Waals surface area (Å²) >= 11 is 0. The molecule has 1 amide bonds. The number of rotatable bonds is 13. The number of carbonyl (C=O) groups is 1. The summed E-state index contributed by atoms with van der Waals surface area (Å²) in [5.74, 6) is 0.0466. The number of para-hydroxylation sites is 1. The zero-order chi connectivity index (χ0) is 19.9. The summed E-state index contributed by atoms with van der Waals surface area (Å²) in [4.78, 5) is 12.3. The molecule has 0 unspecified atom stereocenters. The van der Waals surface area contributed by atoms with Crippen LogP contribution in [0.4, 0.5) is 17.1 Å². The zero-order valence-electron chi connectivity index (χ0n) is 17.1. The van der Waals surface area contributed by atoms with Crippen LogP contribution in [0.25, 0.3) is 0 Å². The zero-order valence-corrected chi connectivity index (χ0v) is 17.1. The molecule has 1 N–H and O–H groups in total. The van der Waals surface area contributed by atoms with Gasteiger partial charge in [-0.05, 0) is 30.7 Å². The lowest BCUT2D eigenvalue weighted by Crippen LogP contribution is -2.11. The number of unbranched alkanes of at least 4 members (excludes halogenated alkanes) is 8. The van der Waals surface area contributed by atoms with Gasteiger partial charge in [-0.1, -0.05) is 88.6 Å². The van der Waals surface area contributed by atoms with Gasteiger partial charge in [0.2, 0.25) is 5.91 Å². The van der Waals surface area contributed by atoms with Gasteiger partial charge in [-0.2, -0.15) is 5.11 Å². The fourth-order valence-electron chi connectivity index (χ4n) is 3.08. The van der Waals surface area contributed by atoms with Crippen molar-refractivity contribution in [2.24, 2.45) is 10.2 Å². The number of hydrogen-bond acceptors (Lipinski definition) is 3. The molecule has 0 spiro atoms. The molecule has 4 nitrogen and oxygen atoms in total. The van der Waals surface area contributed by atoms with Crippen molar-refractivity contribution in [3.8, 4) is 0 Å². The highest BCUT2D eigenvalue weighted by molar-refractivity contribution is 5.93. The van der Waals surface area contributed by atoms with Crippen LogP contribution in [0.5, 0.6) is 0 Å². The van der Waals surface area contributed by atoms with Gasteiger partial charge in [0.1, 0.15) is 5.69 Å². The molecule has 0 aliphatic rings. The fourth-order valence-corrected chi connectivity index (χ4v) is 3.08. The Morgan fingerprint density at radius 3 is 2.07 bits per heavy atom. The Morgan fingerprint density at radius 2 is 1.36 bits per heavy atom. The third-order valence-electron chi connectivity index (χ3n) is 4.71. The number of nitrogens with one attached hydrogen (secondary N) is 1. The van der Waals surface area contributed by atoms with E-state index in [0.717, 1.165) is 18.5 Å². The van der Waals surface area contributed by atoms with Crippen LogP contribution in [0, 0.1) is 0 Å². The number of azo groups is 1. The number of carbonyl (C=O) groups excluding carboxylic acids is 1. The number of hydrogen-bond donors (Lipinski definition) is 1. The minimum atomic E-state index is 0.0466.